The second kappa shape index (κ2) is 10.4. The fraction of sp³-hybridized carbons (Fsp3) is 1.00. The molecular formula is C12H28S. The predicted molar refractivity (Wildman–Crippen MR) is 67.7 cm³/mol. The molecule has 0 unspecified atom stereocenters. The smallest absolute Gasteiger partial charge is 0.00624 e. The third-order valence-corrected chi connectivity index (χ3v) is 2.83. The highest BCUT2D eigenvalue weighted by atomic mass is 32.2. The van der Waals surface area contributed by atoms with Gasteiger partial charge in [0.05, 0.1) is 0 Å². The van der Waals surface area contributed by atoms with Crippen molar-refractivity contribution in [1.82, 2.24) is 0 Å². The molecule has 82 valence electrons. The lowest BCUT2D eigenvalue weighted by molar-refractivity contribution is 0.336. The van der Waals surface area contributed by atoms with Crippen molar-refractivity contribution in [3.63, 3.8) is 0 Å². The first-order chi connectivity index (χ1) is 6.12. The minimum Gasteiger partial charge on any atom is -0.162 e. The van der Waals surface area contributed by atoms with Crippen LogP contribution in [0.5, 0.6) is 0 Å². The van der Waals surface area contributed by atoms with E-state index in [1.54, 1.807) is 0 Å². The van der Waals surface area contributed by atoms with E-state index >= 15 is 0 Å². The van der Waals surface area contributed by atoms with E-state index in [1.807, 2.05) is 13.8 Å². The van der Waals surface area contributed by atoms with Crippen LogP contribution in [0.25, 0.3) is 0 Å². The highest BCUT2D eigenvalue weighted by Crippen LogP contribution is 2.33. The van der Waals surface area contributed by atoms with Crippen LogP contribution >= 0.6 is 11.8 Å². The van der Waals surface area contributed by atoms with Crippen molar-refractivity contribution in [3.05, 3.63) is 0 Å². The van der Waals surface area contributed by atoms with Crippen molar-refractivity contribution in [2.75, 3.05) is 11.5 Å². The second-order valence-corrected chi connectivity index (χ2v) is 5.21. The van der Waals surface area contributed by atoms with Gasteiger partial charge in [-0.05, 0) is 29.8 Å². The van der Waals surface area contributed by atoms with Gasteiger partial charge in [-0.25, -0.2) is 0 Å². The SMILES string of the molecule is CC.CC1(C)CCSCC1.CCC. The molecule has 0 aromatic rings. The number of hydrogen-bond acceptors (Lipinski definition) is 1. The lowest BCUT2D eigenvalue weighted by Gasteiger charge is -2.28. The molecule has 1 saturated heterocycles. The van der Waals surface area contributed by atoms with Crippen molar-refractivity contribution in [1.29, 1.82) is 0 Å². The van der Waals surface area contributed by atoms with Crippen LogP contribution in [-0.2, 0) is 0 Å². The van der Waals surface area contributed by atoms with Crippen LogP contribution in [0.1, 0.15) is 60.8 Å². The van der Waals surface area contributed by atoms with Crippen molar-refractivity contribution in [2.45, 2.75) is 60.8 Å². The molecule has 0 nitrogen and oxygen atoms in total. The van der Waals surface area contributed by atoms with E-state index in [2.05, 4.69) is 39.5 Å². The van der Waals surface area contributed by atoms with Crippen molar-refractivity contribution in [2.24, 2.45) is 5.41 Å². The zero-order chi connectivity index (χ0) is 10.7. The van der Waals surface area contributed by atoms with E-state index < -0.39 is 0 Å². The molecule has 1 aliphatic heterocycles. The number of rotatable bonds is 0. The topological polar surface area (TPSA) is 0 Å². The maximum absolute atomic E-state index is 2.37. The zero-order valence-electron chi connectivity index (χ0n) is 10.4. The Balaban J connectivity index is 0. The van der Waals surface area contributed by atoms with Crippen LogP contribution in [0.2, 0.25) is 0 Å². The summed E-state index contributed by atoms with van der Waals surface area (Å²) in [5, 5.41) is 0. The summed E-state index contributed by atoms with van der Waals surface area (Å²) in [6.07, 6.45) is 4.08. The minimum absolute atomic E-state index is 0.658. The third kappa shape index (κ3) is 12.4. The first-order valence-corrected chi connectivity index (χ1v) is 6.85. The average molecular weight is 204 g/mol. The third-order valence-electron chi connectivity index (χ3n) is 1.85. The van der Waals surface area contributed by atoms with Crippen LogP contribution in [0.3, 0.4) is 0 Å². The van der Waals surface area contributed by atoms with Gasteiger partial charge in [-0.15, -0.1) is 0 Å². The van der Waals surface area contributed by atoms with E-state index in [9.17, 15) is 0 Å². The van der Waals surface area contributed by atoms with Gasteiger partial charge >= 0.3 is 0 Å². The largest absolute Gasteiger partial charge is 0.162 e. The van der Waals surface area contributed by atoms with Crippen LogP contribution < -0.4 is 0 Å². The van der Waals surface area contributed by atoms with Gasteiger partial charge < -0.3 is 0 Å². The summed E-state index contributed by atoms with van der Waals surface area (Å²) in [5.74, 6) is 2.76. The first kappa shape index (κ1) is 15.8. The Bertz CT molecular complexity index is 79.1. The summed E-state index contributed by atoms with van der Waals surface area (Å²) in [4.78, 5) is 0. The van der Waals surface area contributed by atoms with E-state index in [1.165, 1.54) is 30.8 Å². The Hall–Kier alpha value is 0.350. The molecule has 1 heterocycles. The maximum Gasteiger partial charge on any atom is -0.00624 e. The Morgan fingerprint density at radius 3 is 1.46 bits per heavy atom. The van der Waals surface area contributed by atoms with Crippen molar-refractivity contribution in [3.8, 4) is 0 Å². The van der Waals surface area contributed by atoms with Crippen LogP contribution in [0.4, 0.5) is 0 Å². The molecule has 0 aliphatic carbocycles. The molecule has 0 saturated carbocycles. The molecule has 0 bridgehead atoms. The number of thioether (sulfide) groups is 1. The molecule has 0 atom stereocenters. The van der Waals surface area contributed by atoms with Gasteiger partial charge in [0, 0.05) is 0 Å². The first-order valence-electron chi connectivity index (χ1n) is 5.70. The van der Waals surface area contributed by atoms with Gasteiger partial charge in [-0.3, -0.25) is 0 Å². The van der Waals surface area contributed by atoms with Crippen molar-refractivity contribution >= 4 is 11.8 Å². The lowest BCUT2D eigenvalue weighted by Crippen LogP contribution is -2.17. The Morgan fingerprint density at radius 2 is 1.31 bits per heavy atom. The molecule has 0 aromatic carbocycles. The lowest BCUT2D eigenvalue weighted by atomic mass is 9.87. The molecule has 1 rings (SSSR count). The number of hydrogen-bond donors (Lipinski definition) is 0. The van der Waals surface area contributed by atoms with Crippen LogP contribution in [-0.4, -0.2) is 11.5 Å². The van der Waals surface area contributed by atoms with Gasteiger partial charge in [0.25, 0.3) is 0 Å². The highest BCUT2D eigenvalue weighted by Gasteiger charge is 2.20. The fourth-order valence-electron chi connectivity index (χ4n) is 0.924. The Kier molecular flexibility index (Phi) is 12.7. The predicted octanol–water partition coefficient (Wildman–Crippen LogP) is 4.98. The van der Waals surface area contributed by atoms with Gasteiger partial charge in [-0.2, -0.15) is 11.8 Å². The Morgan fingerprint density at radius 1 is 1.00 bits per heavy atom. The Labute approximate surface area is 89.9 Å². The summed E-state index contributed by atoms with van der Waals surface area (Å²) in [7, 11) is 0. The van der Waals surface area contributed by atoms with E-state index in [0.29, 0.717) is 5.41 Å². The normalized spacial score (nSPS) is 18.9. The summed E-state index contributed by atoms with van der Waals surface area (Å²) < 4.78 is 0. The molecule has 1 fully saturated rings. The molecule has 0 N–H and O–H groups in total. The standard InChI is InChI=1S/C7H14S.C3H8.C2H6/c1-7(2)3-5-8-6-4-7;1-3-2;1-2/h3-6H2,1-2H3;3H2,1-2H3;1-2H3. The molecule has 1 aliphatic rings. The van der Waals surface area contributed by atoms with Gasteiger partial charge in [0.15, 0.2) is 0 Å². The summed E-state index contributed by atoms with van der Waals surface area (Å²) in [6.45, 7) is 13.0. The van der Waals surface area contributed by atoms with Crippen LogP contribution in [0.15, 0.2) is 0 Å². The fourth-order valence-corrected chi connectivity index (χ4v) is 2.52. The molecule has 13 heavy (non-hydrogen) atoms. The van der Waals surface area contributed by atoms with Crippen LogP contribution in [0, 0.1) is 5.41 Å². The maximum atomic E-state index is 2.37. The molecule has 0 radical (unpaired) electrons. The molecule has 0 amide bonds. The molecular weight excluding hydrogens is 176 g/mol. The monoisotopic (exact) mass is 204 g/mol. The van der Waals surface area contributed by atoms with Gasteiger partial charge in [0.1, 0.15) is 0 Å². The summed E-state index contributed by atoms with van der Waals surface area (Å²) in [5.41, 5.74) is 0.658. The van der Waals surface area contributed by atoms with Crippen molar-refractivity contribution < 1.29 is 0 Å². The molecule has 1 heteroatoms. The quantitative estimate of drug-likeness (QED) is 0.536. The molecule has 0 spiro atoms. The average Bonchev–Trinajstić information content (AvgIpc) is 2.09. The van der Waals surface area contributed by atoms with Gasteiger partial charge in [-0.1, -0.05) is 48.0 Å². The summed E-state index contributed by atoms with van der Waals surface area (Å²) in [6, 6.07) is 0. The molecule has 0 aromatic heterocycles. The van der Waals surface area contributed by atoms with Gasteiger partial charge in [0.2, 0.25) is 0 Å². The second-order valence-electron chi connectivity index (χ2n) is 3.98. The van der Waals surface area contributed by atoms with E-state index in [4.69, 9.17) is 0 Å². The highest BCUT2D eigenvalue weighted by molar-refractivity contribution is 7.99. The summed E-state index contributed by atoms with van der Waals surface area (Å²) >= 11 is 2.10. The zero-order valence-corrected chi connectivity index (χ0v) is 11.3. The van der Waals surface area contributed by atoms with E-state index in [-0.39, 0.29) is 0 Å². The van der Waals surface area contributed by atoms with E-state index in [0.717, 1.165) is 0 Å². The minimum atomic E-state index is 0.658.